The molecule has 4 aliphatic heterocycles. The first-order valence-electron chi connectivity index (χ1n) is 20.0. The Bertz CT molecular complexity index is 2420. The number of amides is 1. The fraction of sp³-hybridized carbons (Fsp3) is 0.419. The van der Waals surface area contributed by atoms with Crippen molar-refractivity contribution in [3.63, 3.8) is 0 Å². The van der Waals surface area contributed by atoms with Gasteiger partial charge in [-0.1, -0.05) is 6.07 Å². The molecule has 0 bridgehead atoms. The third-order valence-corrected chi connectivity index (χ3v) is 13.6. The van der Waals surface area contributed by atoms with E-state index in [-0.39, 0.29) is 35.8 Å². The van der Waals surface area contributed by atoms with Crippen molar-refractivity contribution in [3.05, 3.63) is 87.6 Å². The van der Waals surface area contributed by atoms with Gasteiger partial charge in [-0.3, -0.25) is 9.36 Å². The van der Waals surface area contributed by atoms with Crippen LogP contribution in [0.2, 0.25) is 0 Å². The van der Waals surface area contributed by atoms with Crippen LogP contribution in [-0.4, -0.2) is 74.7 Å². The number of benzene rings is 2. The van der Waals surface area contributed by atoms with Crippen LogP contribution in [0, 0.1) is 25.6 Å². The maximum absolute atomic E-state index is 16.7. The van der Waals surface area contributed by atoms with Crippen molar-refractivity contribution < 1.29 is 18.7 Å². The lowest BCUT2D eigenvalue weighted by Crippen LogP contribution is -2.50. The molecule has 3 unspecified atom stereocenters. The van der Waals surface area contributed by atoms with Gasteiger partial charge in [0.15, 0.2) is 0 Å². The van der Waals surface area contributed by atoms with Gasteiger partial charge in [0.1, 0.15) is 23.2 Å². The lowest BCUT2D eigenvalue weighted by atomic mass is 9.90. The van der Waals surface area contributed by atoms with Crippen molar-refractivity contribution >= 4 is 28.1 Å². The minimum atomic E-state index is -0.480. The number of carbonyl (C=O) groups is 1. The largest absolute Gasteiger partial charge is 0.464 e. The summed E-state index contributed by atoms with van der Waals surface area (Å²) in [7, 11) is 1.87. The standard InChI is InChI=1S/C43H47FN8O3S/c1-23-16-37(56-24(23)2)43-52-33-9-8-26(31-21-47-40(49-31)30-6-4-12-46-30)17-28(33)19-35(52)38-29(44)18-27(20-36(38)55-43)32-22-48-41(50-32)34-7-5-13-51(34)42(53)39(45-3)25-10-14-54-15-11-25/h8-9,16-22,25,30,34,39,43,45-46H,4-7,10-15H2,1-3H3,(H,47,49)(H,48,50)/t30?,34-,39?,43?/m0/s1. The smallest absolute Gasteiger partial charge is 0.240 e. The molecule has 13 heteroatoms. The summed E-state index contributed by atoms with van der Waals surface area (Å²) in [6, 6.07) is 13.9. The highest BCUT2D eigenvalue weighted by atomic mass is 32.1. The lowest BCUT2D eigenvalue weighted by Gasteiger charge is -2.33. The highest BCUT2D eigenvalue weighted by molar-refractivity contribution is 7.12. The van der Waals surface area contributed by atoms with E-state index in [0.717, 1.165) is 83.6 Å². The van der Waals surface area contributed by atoms with Crippen LogP contribution in [0.15, 0.2) is 54.9 Å². The SMILES string of the molecule is CNC(C(=O)N1CCC[C@H]1c1ncc(-c2cc(F)c3c(c2)OC(c2cc(C)c(C)s2)n2c-3cc3cc(-c4cnc(C5CCCN5)[nH]4)ccc32)[nH]1)C1CCOCC1. The van der Waals surface area contributed by atoms with Crippen molar-refractivity contribution in [2.24, 2.45) is 5.92 Å². The Morgan fingerprint density at radius 1 is 0.964 bits per heavy atom. The number of halogens is 1. The Morgan fingerprint density at radius 2 is 1.77 bits per heavy atom. The minimum Gasteiger partial charge on any atom is -0.464 e. The molecule has 3 saturated heterocycles. The summed E-state index contributed by atoms with van der Waals surface area (Å²) in [5.74, 6) is 2.13. The molecule has 8 heterocycles. The fourth-order valence-electron chi connectivity index (χ4n) is 9.34. The molecule has 1 amide bonds. The molecule has 11 nitrogen and oxygen atoms in total. The second kappa shape index (κ2) is 14.3. The Balaban J connectivity index is 0.994. The van der Waals surface area contributed by atoms with Crippen LogP contribution in [0.3, 0.4) is 0 Å². The van der Waals surface area contributed by atoms with E-state index in [0.29, 0.717) is 48.2 Å². The number of rotatable bonds is 8. The molecule has 0 spiro atoms. The molecule has 4 aliphatic rings. The molecule has 0 radical (unpaired) electrons. The van der Waals surface area contributed by atoms with Crippen molar-refractivity contribution in [2.45, 2.75) is 76.7 Å². The Morgan fingerprint density at radius 3 is 2.54 bits per heavy atom. The summed E-state index contributed by atoms with van der Waals surface area (Å²) in [6.07, 6.45) is 8.84. The zero-order valence-electron chi connectivity index (χ0n) is 32.0. The van der Waals surface area contributed by atoms with Crippen LogP contribution in [0.25, 0.3) is 44.7 Å². The number of hydrogen-bond acceptors (Lipinski definition) is 8. The van der Waals surface area contributed by atoms with E-state index in [2.05, 4.69) is 69.3 Å². The van der Waals surface area contributed by atoms with Crippen molar-refractivity contribution in [2.75, 3.05) is 33.4 Å². The van der Waals surface area contributed by atoms with E-state index >= 15 is 4.39 Å². The average molecular weight is 775 g/mol. The molecule has 0 aliphatic carbocycles. The average Bonchev–Trinajstić information content (AvgIpc) is 4.07. The van der Waals surface area contributed by atoms with Gasteiger partial charge in [0.25, 0.3) is 0 Å². The van der Waals surface area contributed by atoms with Crippen molar-refractivity contribution in [1.29, 1.82) is 0 Å². The molecular formula is C43H47FN8O3S. The molecule has 2 aromatic carbocycles. The van der Waals surface area contributed by atoms with Gasteiger partial charge in [0.05, 0.1) is 63.6 Å². The number of nitrogens with zero attached hydrogens (tertiary/aromatic N) is 4. The first kappa shape index (κ1) is 35.6. The number of aromatic nitrogens is 5. The Hall–Kier alpha value is -4.82. The molecule has 3 fully saturated rings. The molecule has 0 saturated carbocycles. The van der Waals surface area contributed by atoms with E-state index in [9.17, 15) is 4.79 Å². The summed E-state index contributed by atoms with van der Waals surface area (Å²) in [6.45, 7) is 7.30. The molecule has 4 atom stereocenters. The van der Waals surface area contributed by atoms with Gasteiger partial charge < -0.3 is 35.0 Å². The quantitative estimate of drug-likeness (QED) is 0.124. The normalized spacial score (nSPS) is 21.7. The van der Waals surface area contributed by atoms with Crippen molar-refractivity contribution in [1.82, 2.24) is 40.0 Å². The first-order chi connectivity index (χ1) is 27.3. The van der Waals surface area contributed by atoms with E-state index in [4.69, 9.17) is 19.4 Å². The van der Waals surface area contributed by atoms with E-state index in [1.807, 2.05) is 24.2 Å². The van der Waals surface area contributed by atoms with Gasteiger partial charge in [-0.15, -0.1) is 11.3 Å². The maximum atomic E-state index is 16.7. The van der Waals surface area contributed by atoms with Crippen LogP contribution in [0.4, 0.5) is 4.39 Å². The molecule has 4 N–H and O–H groups in total. The van der Waals surface area contributed by atoms with Gasteiger partial charge in [0.2, 0.25) is 12.1 Å². The van der Waals surface area contributed by atoms with E-state index in [1.54, 1.807) is 23.6 Å². The van der Waals surface area contributed by atoms with Gasteiger partial charge in [-0.25, -0.2) is 14.4 Å². The Labute approximate surface area is 329 Å². The third kappa shape index (κ3) is 6.07. The summed E-state index contributed by atoms with van der Waals surface area (Å²) in [5.41, 5.74) is 6.67. The number of likely N-dealkylation sites (tertiary alicyclic amines) is 1. The zero-order chi connectivity index (χ0) is 38.1. The molecule has 10 rings (SSSR count). The maximum Gasteiger partial charge on any atom is 0.240 e. The van der Waals surface area contributed by atoms with Crippen LogP contribution >= 0.6 is 11.3 Å². The summed E-state index contributed by atoms with van der Waals surface area (Å²) >= 11 is 1.71. The zero-order valence-corrected chi connectivity index (χ0v) is 32.8. The number of carbonyl (C=O) groups excluding carboxylic acids is 1. The number of hydrogen-bond donors (Lipinski definition) is 4. The third-order valence-electron chi connectivity index (χ3n) is 12.4. The molecule has 56 heavy (non-hydrogen) atoms. The summed E-state index contributed by atoms with van der Waals surface area (Å²) < 4.78 is 31.2. The number of H-pyrrole nitrogens is 2. The van der Waals surface area contributed by atoms with Gasteiger partial charge in [0, 0.05) is 41.1 Å². The number of thiophene rings is 1. The number of fused-ring (bicyclic) bond motifs is 5. The Kier molecular flexibility index (Phi) is 9.08. The first-order valence-corrected chi connectivity index (χ1v) is 20.8. The number of ether oxygens (including phenoxy) is 2. The lowest BCUT2D eigenvalue weighted by molar-refractivity contribution is -0.136. The summed E-state index contributed by atoms with van der Waals surface area (Å²) in [5, 5.41) is 7.82. The highest BCUT2D eigenvalue weighted by Crippen LogP contribution is 2.48. The van der Waals surface area contributed by atoms with Crippen LogP contribution < -0.4 is 15.4 Å². The van der Waals surface area contributed by atoms with E-state index < -0.39 is 6.23 Å². The molecule has 6 aromatic rings. The van der Waals surface area contributed by atoms with Gasteiger partial charge >= 0.3 is 0 Å². The monoisotopic (exact) mass is 774 g/mol. The molecule has 4 aromatic heterocycles. The predicted molar refractivity (Wildman–Crippen MR) is 215 cm³/mol. The second-order valence-corrected chi connectivity index (χ2v) is 17.1. The number of likely N-dealkylation sites (N-methyl/N-ethyl adjacent to an activating group) is 1. The molecular weight excluding hydrogens is 728 g/mol. The second-order valence-electron chi connectivity index (χ2n) is 15.8. The number of aromatic amines is 2. The number of imidazole rings is 2. The van der Waals surface area contributed by atoms with Gasteiger partial charge in [-0.2, -0.15) is 0 Å². The number of nitrogens with one attached hydrogen (secondary N) is 4. The highest BCUT2D eigenvalue weighted by Gasteiger charge is 2.39. The van der Waals surface area contributed by atoms with Crippen LogP contribution in [-0.2, 0) is 9.53 Å². The van der Waals surface area contributed by atoms with Crippen LogP contribution in [0.1, 0.15) is 83.8 Å². The minimum absolute atomic E-state index is 0.108. The van der Waals surface area contributed by atoms with Crippen molar-refractivity contribution in [3.8, 4) is 39.5 Å². The van der Waals surface area contributed by atoms with Gasteiger partial charge in [-0.05, 0) is 114 Å². The van der Waals surface area contributed by atoms with Crippen LogP contribution in [0.5, 0.6) is 5.75 Å². The summed E-state index contributed by atoms with van der Waals surface area (Å²) in [4.78, 5) is 34.7. The van der Waals surface area contributed by atoms with E-state index in [1.165, 1.54) is 10.4 Å². The predicted octanol–water partition coefficient (Wildman–Crippen LogP) is 7.95. The number of aryl methyl sites for hydroxylation is 2. The molecule has 290 valence electrons. The fourth-order valence-corrected chi connectivity index (χ4v) is 10.4. The topological polar surface area (TPSA) is 125 Å².